The highest BCUT2D eigenvalue weighted by Gasteiger charge is 2.11. The van der Waals surface area contributed by atoms with Crippen LogP contribution in [0, 0.1) is 10.1 Å². The van der Waals surface area contributed by atoms with Gasteiger partial charge >= 0.3 is 0 Å². The Bertz CT molecular complexity index is 1010. The van der Waals surface area contributed by atoms with Crippen molar-refractivity contribution in [3.05, 3.63) is 98.5 Å². The SMILES string of the molecule is O=C(Nc1ccccc1)c1ccc(=O)n(Cc2cccc([N+](=O)[O-])c2)n1. The number of para-hydroxylation sites is 1. The highest BCUT2D eigenvalue weighted by atomic mass is 16.6. The molecule has 3 aromatic rings. The zero-order chi connectivity index (χ0) is 18.5. The molecule has 0 bridgehead atoms. The van der Waals surface area contributed by atoms with Crippen molar-refractivity contribution >= 4 is 17.3 Å². The molecular weight excluding hydrogens is 336 g/mol. The maximum atomic E-state index is 12.3. The zero-order valence-corrected chi connectivity index (χ0v) is 13.5. The summed E-state index contributed by atoms with van der Waals surface area (Å²) in [5.74, 6) is -0.455. The van der Waals surface area contributed by atoms with Crippen molar-refractivity contribution in [2.75, 3.05) is 5.32 Å². The van der Waals surface area contributed by atoms with E-state index in [9.17, 15) is 19.7 Å². The van der Waals surface area contributed by atoms with Gasteiger partial charge in [0.1, 0.15) is 5.69 Å². The Hall–Kier alpha value is -3.81. The maximum absolute atomic E-state index is 12.3. The first-order valence-electron chi connectivity index (χ1n) is 7.71. The topological polar surface area (TPSA) is 107 Å². The number of hydrogen-bond donors (Lipinski definition) is 1. The second-order valence-electron chi connectivity index (χ2n) is 5.46. The summed E-state index contributed by atoms with van der Waals surface area (Å²) < 4.78 is 1.10. The molecule has 1 N–H and O–H groups in total. The van der Waals surface area contributed by atoms with Crippen LogP contribution in [0.1, 0.15) is 16.1 Å². The van der Waals surface area contributed by atoms with Gasteiger partial charge in [-0.15, -0.1) is 0 Å². The number of amides is 1. The molecule has 1 heterocycles. The minimum atomic E-state index is -0.510. The average molecular weight is 350 g/mol. The molecule has 0 aliphatic heterocycles. The number of nitrogens with zero attached hydrogens (tertiary/aromatic N) is 3. The summed E-state index contributed by atoms with van der Waals surface area (Å²) in [6.07, 6.45) is 0. The van der Waals surface area contributed by atoms with Crippen LogP contribution in [-0.2, 0) is 6.54 Å². The molecule has 0 radical (unpaired) electrons. The van der Waals surface area contributed by atoms with Gasteiger partial charge in [-0.2, -0.15) is 5.10 Å². The fourth-order valence-corrected chi connectivity index (χ4v) is 2.34. The van der Waals surface area contributed by atoms with Gasteiger partial charge in [0.15, 0.2) is 0 Å². The molecule has 8 nitrogen and oxygen atoms in total. The van der Waals surface area contributed by atoms with Crippen molar-refractivity contribution in [1.29, 1.82) is 0 Å². The van der Waals surface area contributed by atoms with E-state index in [0.717, 1.165) is 4.68 Å². The van der Waals surface area contributed by atoms with Crippen LogP contribution in [0.5, 0.6) is 0 Å². The van der Waals surface area contributed by atoms with Crippen molar-refractivity contribution in [1.82, 2.24) is 9.78 Å². The number of rotatable bonds is 5. The summed E-state index contributed by atoms with van der Waals surface area (Å²) >= 11 is 0. The highest BCUT2D eigenvalue weighted by molar-refractivity contribution is 6.02. The molecule has 26 heavy (non-hydrogen) atoms. The fraction of sp³-hybridized carbons (Fsp3) is 0.0556. The highest BCUT2D eigenvalue weighted by Crippen LogP contribution is 2.13. The van der Waals surface area contributed by atoms with Gasteiger partial charge in [0.25, 0.3) is 17.2 Å². The summed E-state index contributed by atoms with van der Waals surface area (Å²) in [6.45, 7) is 0.0208. The number of benzene rings is 2. The van der Waals surface area contributed by atoms with Crippen molar-refractivity contribution in [3.8, 4) is 0 Å². The Kier molecular flexibility index (Phi) is 4.84. The summed E-state index contributed by atoms with van der Waals surface area (Å²) in [5.41, 5.74) is 0.727. The first-order valence-corrected chi connectivity index (χ1v) is 7.71. The monoisotopic (exact) mass is 350 g/mol. The van der Waals surface area contributed by atoms with Crippen molar-refractivity contribution in [3.63, 3.8) is 0 Å². The summed E-state index contributed by atoms with van der Waals surface area (Å²) in [4.78, 5) is 34.7. The van der Waals surface area contributed by atoms with Crippen LogP contribution in [0.4, 0.5) is 11.4 Å². The Labute approximate surface area is 147 Å². The van der Waals surface area contributed by atoms with Gasteiger partial charge in [-0.3, -0.25) is 19.7 Å². The van der Waals surface area contributed by atoms with E-state index >= 15 is 0 Å². The van der Waals surface area contributed by atoms with E-state index in [2.05, 4.69) is 10.4 Å². The number of nitrogens with one attached hydrogen (secondary N) is 1. The lowest BCUT2D eigenvalue weighted by Gasteiger charge is -2.08. The molecule has 0 atom stereocenters. The largest absolute Gasteiger partial charge is 0.321 e. The summed E-state index contributed by atoms with van der Waals surface area (Å²) in [7, 11) is 0. The quantitative estimate of drug-likeness (QED) is 0.562. The van der Waals surface area contributed by atoms with Crippen LogP contribution >= 0.6 is 0 Å². The predicted molar refractivity (Wildman–Crippen MR) is 95.1 cm³/mol. The van der Waals surface area contributed by atoms with Crippen LogP contribution in [0.2, 0.25) is 0 Å². The molecule has 8 heteroatoms. The minimum absolute atomic E-state index is 0.0208. The number of anilines is 1. The maximum Gasteiger partial charge on any atom is 0.276 e. The Morgan fingerprint density at radius 1 is 1.08 bits per heavy atom. The first-order chi connectivity index (χ1) is 12.5. The minimum Gasteiger partial charge on any atom is -0.321 e. The van der Waals surface area contributed by atoms with Crippen LogP contribution in [0.15, 0.2) is 71.5 Å². The van der Waals surface area contributed by atoms with E-state index in [1.54, 1.807) is 30.3 Å². The van der Waals surface area contributed by atoms with Crippen LogP contribution in [0.3, 0.4) is 0 Å². The molecule has 0 unspecified atom stereocenters. The zero-order valence-electron chi connectivity index (χ0n) is 13.5. The Morgan fingerprint density at radius 3 is 2.58 bits per heavy atom. The van der Waals surface area contributed by atoms with Gasteiger partial charge in [0.05, 0.1) is 11.5 Å². The molecular formula is C18H14N4O4. The van der Waals surface area contributed by atoms with Crippen molar-refractivity contribution < 1.29 is 9.72 Å². The first kappa shape index (κ1) is 17.0. The molecule has 0 saturated heterocycles. The van der Waals surface area contributed by atoms with Gasteiger partial charge < -0.3 is 5.32 Å². The average Bonchev–Trinajstić information content (AvgIpc) is 2.64. The van der Waals surface area contributed by atoms with E-state index < -0.39 is 16.4 Å². The van der Waals surface area contributed by atoms with Crippen molar-refractivity contribution in [2.45, 2.75) is 6.54 Å². The number of non-ortho nitro benzene ring substituents is 1. The molecule has 1 amide bonds. The molecule has 0 aliphatic carbocycles. The van der Waals surface area contributed by atoms with Crippen LogP contribution in [-0.4, -0.2) is 20.6 Å². The van der Waals surface area contributed by atoms with E-state index in [0.29, 0.717) is 11.3 Å². The molecule has 2 aromatic carbocycles. The number of aromatic nitrogens is 2. The molecule has 0 saturated carbocycles. The van der Waals surface area contributed by atoms with Crippen LogP contribution < -0.4 is 10.9 Å². The number of carbonyl (C=O) groups excluding carboxylic acids is 1. The third-order valence-corrected chi connectivity index (χ3v) is 3.58. The van der Waals surface area contributed by atoms with Crippen LogP contribution in [0.25, 0.3) is 0 Å². The molecule has 130 valence electrons. The predicted octanol–water partition coefficient (Wildman–Crippen LogP) is 2.45. The normalized spacial score (nSPS) is 10.3. The fourth-order valence-electron chi connectivity index (χ4n) is 2.34. The molecule has 1 aromatic heterocycles. The smallest absolute Gasteiger partial charge is 0.276 e. The van der Waals surface area contributed by atoms with Gasteiger partial charge in [-0.1, -0.05) is 30.3 Å². The standard InChI is InChI=1S/C18H14N4O4/c23-17-10-9-16(18(24)19-14-6-2-1-3-7-14)20-21(17)12-13-5-4-8-15(11-13)22(25)26/h1-11H,12H2,(H,19,24). The second-order valence-corrected chi connectivity index (χ2v) is 5.46. The van der Waals surface area contributed by atoms with Crippen molar-refractivity contribution in [2.24, 2.45) is 0 Å². The van der Waals surface area contributed by atoms with E-state index in [4.69, 9.17) is 0 Å². The lowest BCUT2D eigenvalue weighted by Crippen LogP contribution is -2.26. The molecule has 3 rings (SSSR count). The molecule has 0 fully saturated rings. The van der Waals surface area contributed by atoms with E-state index in [1.165, 1.54) is 30.3 Å². The number of hydrogen-bond acceptors (Lipinski definition) is 5. The lowest BCUT2D eigenvalue weighted by molar-refractivity contribution is -0.384. The number of carbonyl (C=O) groups is 1. The van der Waals surface area contributed by atoms with Gasteiger partial charge in [0, 0.05) is 23.9 Å². The van der Waals surface area contributed by atoms with E-state index in [-0.39, 0.29) is 17.9 Å². The van der Waals surface area contributed by atoms with Gasteiger partial charge in [0.2, 0.25) is 0 Å². The number of nitro benzene ring substituents is 1. The summed E-state index contributed by atoms with van der Waals surface area (Å²) in [5, 5.41) is 17.6. The molecule has 0 spiro atoms. The molecule has 0 aliphatic rings. The Morgan fingerprint density at radius 2 is 1.85 bits per heavy atom. The second kappa shape index (κ2) is 7.39. The lowest BCUT2D eigenvalue weighted by atomic mass is 10.2. The van der Waals surface area contributed by atoms with Gasteiger partial charge in [-0.25, -0.2) is 4.68 Å². The third kappa shape index (κ3) is 3.99. The van der Waals surface area contributed by atoms with Gasteiger partial charge in [-0.05, 0) is 23.8 Å². The van der Waals surface area contributed by atoms with E-state index in [1.807, 2.05) is 6.07 Å². The Balaban J connectivity index is 1.84. The third-order valence-electron chi connectivity index (χ3n) is 3.58. The number of nitro groups is 1. The summed E-state index contributed by atoms with van der Waals surface area (Å²) in [6, 6.07) is 17.4.